The molecule has 0 saturated carbocycles. The van der Waals surface area contributed by atoms with Crippen LogP contribution in [0.5, 0.6) is 23.5 Å². The largest absolute Gasteiger partial charge is 0.481 e. The number of aliphatic hydroxyl groups is 2. The molecule has 0 spiro atoms. The Labute approximate surface area is 428 Å². The Morgan fingerprint density at radius 3 is 1.57 bits per heavy atom. The number of nitrogens with zero attached hydrogens (tertiary/aromatic N) is 6. The van der Waals surface area contributed by atoms with Crippen molar-refractivity contribution in [3.63, 3.8) is 0 Å². The van der Waals surface area contributed by atoms with Gasteiger partial charge in [0.2, 0.25) is 23.5 Å². The van der Waals surface area contributed by atoms with Crippen LogP contribution in [-0.2, 0) is 49.0 Å². The fourth-order valence-corrected chi connectivity index (χ4v) is 8.07. The summed E-state index contributed by atoms with van der Waals surface area (Å²) < 4.78 is 25.5. The molecule has 0 saturated heterocycles. The van der Waals surface area contributed by atoms with E-state index in [1.807, 2.05) is 24.3 Å². The van der Waals surface area contributed by atoms with Gasteiger partial charge in [0.1, 0.15) is 44.1 Å². The van der Waals surface area contributed by atoms with E-state index in [0.29, 0.717) is 74.6 Å². The summed E-state index contributed by atoms with van der Waals surface area (Å²) in [5.41, 5.74) is 2.13. The van der Waals surface area contributed by atoms with Crippen molar-refractivity contribution in [2.45, 2.75) is 65.2 Å². The van der Waals surface area contributed by atoms with Crippen molar-refractivity contribution in [2.24, 2.45) is 5.41 Å². The van der Waals surface area contributed by atoms with Crippen molar-refractivity contribution in [2.75, 3.05) is 13.2 Å². The molecule has 6 rings (SSSR count). The summed E-state index contributed by atoms with van der Waals surface area (Å²) in [4.78, 5) is 41.3. The molecule has 0 amide bonds. The molecule has 0 radical (unpaired) electrons. The Morgan fingerprint density at radius 1 is 0.657 bits per heavy atom. The second kappa shape index (κ2) is 23.9. The van der Waals surface area contributed by atoms with Crippen LogP contribution in [0.1, 0.15) is 64.8 Å². The first kappa shape index (κ1) is 52.9. The van der Waals surface area contributed by atoms with Gasteiger partial charge in [-0.25, -0.2) is 0 Å². The van der Waals surface area contributed by atoms with Crippen LogP contribution in [0.3, 0.4) is 0 Å². The van der Waals surface area contributed by atoms with Crippen LogP contribution in [0.15, 0.2) is 94.4 Å². The Kier molecular flexibility index (Phi) is 18.1. The van der Waals surface area contributed by atoms with Crippen LogP contribution >= 0.6 is 55.1 Å². The van der Waals surface area contributed by atoms with Gasteiger partial charge in [-0.05, 0) is 82.8 Å². The normalized spacial score (nSPS) is 12.7. The molecule has 17 nitrogen and oxygen atoms in total. The van der Waals surface area contributed by atoms with Crippen molar-refractivity contribution in [3.8, 4) is 46.8 Å². The topological polar surface area (TPSA) is 263 Å². The lowest BCUT2D eigenvalue weighted by atomic mass is 9.85. The van der Waals surface area contributed by atoms with E-state index in [0.717, 1.165) is 0 Å². The van der Waals surface area contributed by atoms with Crippen molar-refractivity contribution in [1.29, 1.82) is 10.5 Å². The second-order valence-corrected chi connectivity index (χ2v) is 18.7. The predicted octanol–water partition coefficient (Wildman–Crippen LogP) is 8.77. The standard InChI is InChI=1S/C49H43Br2Cl2N7O10/c1-48(26-61,46(63)64)10-9-32-13-38(50)44(59-42(32)67-22-30-11-28(15-54)17-56-19-30)69-24-33-5-3-7-36(40(33)52)37-8-4-6-34(41(37)53)25-70-45-39(51)14-35(21-58-49(2,27-62)47(65)66)43(60-45)68-23-31-12-29(16-55)18-57-20-31/h3-8,11-14,17-20,58,61-62H,9-10,21-27H2,1-2H3,(H,63,64)(H,65,66)/t48-,49-/m0/s1. The first-order valence-electron chi connectivity index (χ1n) is 21.1. The van der Waals surface area contributed by atoms with E-state index < -0.39 is 36.1 Å². The maximum Gasteiger partial charge on any atom is 0.326 e. The molecule has 2 atom stereocenters. The number of carboxylic acid groups (broad SMARTS) is 2. The smallest absolute Gasteiger partial charge is 0.326 e. The highest BCUT2D eigenvalue weighted by Crippen LogP contribution is 2.39. The zero-order valence-electron chi connectivity index (χ0n) is 37.4. The Morgan fingerprint density at radius 2 is 1.13 bits per heavy atom. The Bertz CT molecular complexity index is 2790. The fraction of sp³-hybridized carbons (Fsp3) is 0.265. The lowest BCUT2D eigenvalue weighted by molar-refractivity contribution is -0.150. The van der Waals surface area contributed by atoms with Gasteiger partial charge in [-0.2, -0.15) is 20.5 Å². The van der Waals surface area contributed by atoms with Gasteiger partial charge < -0.3 is 39.4 Å². The van der Waals surface area contributed by atoms with E-state index in [9.17, 15) is 40.5 Å². The van der Waals surface area contributed by atoms with Gasteiger partial charge >= 0.3 is 11.9 Å². The Balaban J connectivity index is 1.22. The van der Waals surface area contributed by atoms with Crippen LogP contribution in [0.25, 0.3) is 11.1 Å². The highest BCUT2D eigenvalue weighted by molar-refractivity contribution is 9.10. The molecule has 0 bridgehead atoms. The molecule has 0 aliphatic carbocycles. The molecule has 70 heavy (non-hydrogen) atoms. The van der Waals surface area contributed by atoms with Gasteiger partial charge in [0.15, 0.2) is 0 Å². The predicted molar refractivity (Wildman–Crippen MR) is 262 cm³/mol. The minimum Gasteiger partial charge on any atom is -0.481 e. The third-order valence-corrected chi connectivity index (χ3v) is 13.0. The molecule has 0 fully saturated rings. The highest BCUT2D eigenvalue weighted by atomic mass is 79.9. The number of aliphatic hydroxyl groups excluding tert-OH is 2. The summed E-state index contributed by atoms with van der Waals surface area (Å²) in [6.07, 6.45) is 6.20. The number of aliphatic carboxylic acids is 2. The van der Waals surface area contributed by atoms with Gasteiger partial charge in [-0.15, -0.1) is 0 Å². The lowest BCUT2D eigenvalue weighted by Gasteiger charge is -2.24. The van der Waals surface area contributed by atoms with E-state index in [1.54, 1.807) is 54.7 Å². The lowest BCUT2D eigenvalue weighted by Crippen LogP contribution is -2.52. The van der Waals surface area contributed by atoms with Gasteiger partial charge in [0.05, 0.1) is 48.7 Å². The van der Waals surface area contributed by atoms with Gasteiger partial charge in [-0.3, -0.25) is 24.9 Å². The van der Waals surface area contributed by atoms with Crippen LogP contribution < -0.4 is 24.3 Å². The summed E-state index contributed by atoms with van der Waals surface area (Å²) in [5.74, 6) is -1.89. The monoisotopic (exact) mass is 1120 g/mol. The molecule has 4 aromatic heterocycles. The molecule has 0 unspecified atom stereocenters. The summed E-state index contributed by atoms with van der Waals surface area (Å²) in [6.45, 7) is 1.35. The van der Waals surface area contributed by atoms with Crippen LogP contribution in [0, 0.1) is 28.1 Å². The number of hydrogen-bond acceptors (Lipinski definition) is 15. The second-order valence-electron chi connectivity index (χ2n) is 16.3. The summed E-state index contributed by atoms with van der Waals surface area (Å²) in [5, 5.41) is 61.4. The van der Waals surface area contributed by atoms with Crippen LogP contribution in [0.2, 0.25) is 10.0 Å². The number of ether oxygens (including phenoxy) is 4. The minimum atomic E-state index is -1.66. The third-order valence-electron chi connectivity index (χ3n) is 11.0. The zero-order valence-corrected chi connectivity index (χ0v) is 42.1. The number of hydrogen-bond donors (Lipinski definition) is 5. The van der Waals surface area contributed by atoms with E-state index >= 15 is 0 Å². The first-order valence-corrected chi connectivity index (χ1v) is 23.4. The minimum absolute atomic E-state index is 0.00782. The van der Waals surface area contributed by atoms with Crippen LogP contribution in [-0.4, -0.2) is 71.1 Å². The summed E-state index contributed by atoms with van der Waals surface area (Å²) in [7, 11) is 0. The molecule has 4 heterocycles. The van der Waals surface area contributed by atoms with Gasteiger partial charge in [-0.1, -0.05) is 59.6 Å². The maximum atomic E-state index is 12.0. The number of aryl methyl sites for hydroxylation is 1. The molecule has 2 aromatic carbocycles. The number of nitriles is 2. The Hall–Kier alpha value is -6.42. The number of carbonyl (C=O) groups is 2. The van der Waals surface area contributed by atoms with E-state index in [1.165, 1.54) is 32.4 Å². The molecule has 0 aliphatic rings. The molecular weight excluding hydrogens is 1080 g/mol. The molecule has 6 aromatic rings. The quantitative estimate of drug-likeness (QED) is 0.0401. The van der Waals surface area contributed by atoms with Crippen molar-refractivity contribution < 1.29 is 49.0 Å². The first-order chi connectivity index (χ1) is 33.5. The number of benzene rings is 2. The summed E-state index contributed by atoms with van der Waals surface area (Å²) >= 11 is 21.2. The number of carboxylic acids is 2. The van der Waals surface area contributed by atoms with E-state index in [-0.39, 0.29) is 69.3 Å². The molecule has 21 heteroatoms. The van der Waals surface area contributed by atoms with Gasteiger partial charge in [0.25, 0.3) is 0 Å². The van der Waals surface area contributed by atoms with Crippen molar-refractivity contribution in [3.05, 3.63) is 149 Å². The zero-order chi connectivity index (χ0) is 50.6. The average Bonchev–Trinajstić information content (AvgIpc) is 3.36. The van der Waals surface area contributed by atoms with Crippen molar-refractivity contribution >= 4 is 67.0 Å². The van der Waals surface area contributed by atoms with Crippen LogP contribution in [0.4, 0.5) is 0 Å². The SMILES string of the molecule is C[C@@](CO)(CCc1cc(Br)c(OCc2cccc(-c3cccc(COc4nc(OCc5cncc(C#N)c5)c(CN[C@@](C)(CO)C(=O)O)cc4Br)c3Cl)c2Cl)nc1OCc1cncc(C#N)c1)C(=O)O. The highest BCUT2D eigenvalue weighted by Gasteiger charge is 2.34. The number of aromatic nitrogens is 4. The van der Waals surface area contributed by atoms with Gasteiger partial charge in [0, 0.05) is 75.8 Å². The number of nitrogens with one attached hydrogen (secondary N) is 1. The number of rotatable bonds is 23. The average molecular weight is 1120 g/mol. The van der Waals surface area contributed by atoms with E-state index in [2.05, 4.69) is 57.1 Å². The third kappa shape index (κ3) is 13.1. The summed E-state index contributed by atoms with van der Waals surface area (Å²) in [6, 6.07) is 21.5. The van der Waals surface area contributed by atoms with E-state index in [4.69, 9.17) is 42.1 Å². The fourth-order valence-electron chi connectivity index (χ4n) is 6.55. The number of halogens is 4. The molecule has 5 N–H and O–H groups in total. The molecule has 362 valence electrons. The maximum absolute atomic E-state index is 12.0. The molecule has 0 aliphatic heterocycles. The van der Waals surface area contributed by atoms with Crippen molar-refractivity contribution in [1.82, 2.24) is 25.3 Å². The number of pyridine rings is 4. The molecular formula is C49H43Br2Cl2N7O10.